The Hall–Kier alpha value is -3.16. The Bertz CT molecular complexity index is 1130. The highest BCUT2D eigenvalue weighted by atomic mass is 35.5. The Kier molecular flexibility index (Phi) is 8.25. The SMILES string of the molecule is Cc1c(Cl)nc(NC([C@H](C)c2ccccc2)N(C)C)c(=O)n1CC(=O)OCc1ccccc1. The van der Waals surface area contributed by atoms with Gasteiger partial charge in [-0.2, -0.15) is 0 Å². The third-order valence-electron chi connectivity index (χ3n) is 5.53. The van der Waals surface area contributed by atoms with Crippen molar-refractivity contribution >= 4 is 23.4 Å². The first-order chi connectivity index (χ1) is 15.8. The third-order valence-corrected chi connectivity index (χ3v) is 5.89. The van der Waals surface area contributed by atoms with E-state index in [0.717, 1.165) is 11.1 Å². The second-order valence-electron chi connectivity index (χ2n) is 8.13. The zero-order valence-corrected chi connectivity index (χ0v) is 20.0. The second kappa shape index (κ2) is 11.1. The van der Waals surface area contributed by atoms with Gasteiger partial charge < -0.3 is 10.1 Å². The number of hydrogen-bond acceptors (Lipinski definition) is 6. The van der Waals surface area contributed by atoms with Crippen LogP contribution >= 0.6 is 11.6 Å². The molecule has 1 N–H and O–H groups in total. The topological polar surface area (TPSA) is 76.5 Å². The Balaban J connectivity index is 1.81. The van der Waals surface area contributed by atoms with E-state index in [1.807, 2.05) is 79.7 Å². The van der Waals surface area contributed by atoms with Crippen LogP contribution in [0.1, 0.15) is 29.7 Å². The van der Waals surface area contributed by atoms with Gasteiger partial charge in [-0.3, -0.25) is 19.1 Å². The monoisotopic (exact) mass is 468 g/mol. The first-order valence-electron chi connectivity index (χ1n) is 10.7. The molecule has 0 saturated carbocycles. The maximum atomic E-state index is 13.2. The molecular weight excluding hydrogens is 440 g/mol. The van der Waals surface area contributed by atoms with Crippen molar-refractivity contribution in [3.8, 4) is 0 Å². The summed E-state index contributed by atoms with van der Waals surface area (Å²) in [5.41, 5.74) is 1.96. The molecule has 7 nitrogen and oxygen atoms in total. The molecule has 1 heterocycles. The number of nitrogens with one attached hydrogen (secondary N) is 1. The standard InChI is InChI=1S/C25H29ClN4O3/c1-17(20-13-9-6-10-14-20)24(29(3)4)28-23-25(32)30(18(2)22(26)27-23)15-21(31)33-16-19-11-7-5-8-12-19/h5-14,17,24H,15-16H2,1-4H3,(H,27,28)/t17-,24?/m1/s1. The Labute approximate surface area is 199 Å². The molecule has 174 valence electrons. The van der Waals surface area contributed by atoms with Gasteiger partial charge in [-0.15, -0.1) is 0 Å². The van der Waals surface area contributed by atoms with E-state index >= 15 is 0 Å². The van der Waals surface area contributed by atoms with E-state index in [2.05, 4.69) is 17.2 Å². The van der Waals surface area contributed by atoms with Crippen LogP contribution in [0.4, 0.5) is 5.82 Å². The number of nitrogens with zero attached hydrogens (tertiary/aromatic N) is 3. The first-order valence-corrected chi connectivity index (χ1v) is 11.1. The van der Waals surface area contributed by atoms with Gasteiger partial charge in [0.2, 0.25) is 0 Å². The zero-order valence-electron chi connectivity index (χ0n) is 19.3. The summed E-state index contributed by atoms with van der Waals surface area (Å²) in [4.78, 5) is 31.9. The van der Waals surface area contributed by atoms with Crippen LogP contribution < -0.4 is 10.9 Å². The van der Waals surface area contributed by atoms with Crippen LogP contribution in [0.15, 0.2) is 65.5 Å². The van der Waals surface area contributed by atoms with Gasteiger partial charge in [0.15, 0.2) is 11.0 Å². The summed E-state index contributed by atoms with van der Waals surface area (Å²) in [6.07, 6.45) is -0.232. The summed E-state index contributed by atoms with van der Waals surface area (Å²) < 4.78 is 6.64. The number of halogens is 1. The molecule has 1 unspecified atom stereocenters. The van der Waals surface area contributed by atoms with Crippen molar-refractivity contribution in [2.45, 2.75) is 39.1 Å². The van der Waals surface area contributed by atoms with Crippen molar-refractivity contribution in [2.75, 3.05) is 19.4 Å². The molecule has 33 heavy (non-hydrogen) atoms. The van der Waals surface area contributed by atoms with Gasteiger partial charge in [0.1, 0.15) is 13.2 Å². The normalized spacial score (nSPS) is 12.9. The number of ether oxygens (including phenoxy) is 1. The third kappa shape index (κ3) is 6.21. The molecule has 0 fully saturated rings. The number of anilines is 1. The highest BCUT2D eigenvalue weighted by Crippen LogP contribution is 2.23. The van der Waals surface area contributed by atoms with Crippen LogP contribution in [-0.2, 0) is 22.7 Å². The van der Waals surface area contributed by atoms with Gasteiger partial charge in [-0.1, -0.05) is 79.2 Å². The molecule has 0 aliphatic heterocycles. The predicted molar refractivity (Wildman–Crippen MR) is 130 cm³/mol. The van der Waals surface area contributed by atoms with Gasteiger partial charge in [0.05, 0.1) is 11.9 Å². The number of carbonyl (C=O) groups is 1. The minimum absolute atomic E-state index is 0.0479. The van der Waals surface area contributed by atoms with E-state index in [1.54, 1.807) is 6.92 Å². The molecule has 8 heteroatoms. The molecule has 0 saturated heterocycles. The molecule has 2 atom stereocenters. The van der Waals surface area contributed by atoms with Crippen molar-refractivity contribution in [3.05, 3.63) is 93.0 Å². The lowest BCUT2D eigenvalue weighted by molar-refractivity contribution is -0.145. The summed E-state index contributed by atoms with van der Waals surface area (Å²) in [5.74, 6) is -0.395. The van der Waals surface area contributed by atoms with Crippen LogP contribution in [-0.4, -0.2) is 40.7 Å². The number of hydrogen-bond donors (Lipinski definition) is 1. The average molecular weight is 469 g/mol. The van der Waals surface area contributed by atoms with Crippen LogP contribution in [0.25, 0.3) is 0 Å². The summed E-state index contributed by atoms with van der Waals surface area (Å²) in [6.45, 7) is 3.60. The Morgan fingerprint density at radius 1 is 1.12 bits per heavy atom. The Morgan fingerprint density at radius 3 is 2.33 bits per heavy atom. The summed E-state index contributed by atoms with van der Waals surface area (Å²) in [7, 11) is 3.85. The van der Waals surface area contributed by atoms with E-state index in [0.29, 0.717) is 5.69 Å². The number of esters is 1. The number of carbonyl (C=O) groups excluding carboxylic acids is 1. The molecule has 0 aliphatic carbocycles. The summed E-state index contributed by atoms with van der Waals surface area (Å²) in [5, 5.41) is 3.38. The quantitative estimate of drug-likeness (QED) is 0.377. The fourth-order valence-electron chi connectivity index (χ4n) is 3.60. The maximum Gasteiger partial charge on any atom is 0.326 e. The van der Waals surface area contributed by atoms with Gasteiger partial charge in [-0.05, 0) is 32.1 Å². The van der Waals surface area contributed by atoms with Crippen LogP contribution in [0, 0.1) is 6.92 Å². The highest BCUT2D eigenvalue weighted by Gasteiger charge is 2.24. The van der Waals surface area contributed by atoms with Crippen LogP contribution in [0.5, 0.6) is 0 Å². The van der Waals surface area contributed by atoms with Gasteiger partial charge in [0.25, 0.3) is 5.56 Å². The van der Waals surface area contributed by atoms with E-state index in [1.165, 1.54) is 4.57 Å². The fourth-order valence-corrected chi connectivity index (χ4v) is 3.78. The predicted octanol–water partition coefficient (Wildman–Crippen LogP) is 4.05. The highest BCUT2D eigenvalue weighted by molar-refractivity contribution is 6.30. The van der Waals surface area contributed by atoms with Crippen LogP contribution in [0.2, 0.25) is 5.15 Å². The molecule has 3 aromatic rings. The van der Waals surface area contributed by atoms with Crippen molar-refractivity contribution in [1.29, 1.82) is 0 Å². The molecule has 0 amide bonds. The number of benzene rings is 2. The molecule has 2 aromatic carbocycles. The molecule has 0 bridgehead atoms. The van der Waals surface area contributed by atoms with E-state index in [9.17, 15) is 9.59 Å². The first kappa shape index (κ1) is 24.5. The molecule has 0 radical (unpaired) electrons. The minimum Gasteiger partial charge on any atom is -0.459 e. The largest absolute Gasteiger partial charge is 0.459 e. The molecule has 3 rings (SSSR count). The molecule has 0 aliphatic rings. The second-order valence-corrected chi connectivity index (χ2v) is 8.48. The van der Waals surface area contributed by atoms with Crippen molar-refractivity contribution in [3.63, 3.8) is 0 Å². The summed E-state index contributed by atoms with van der Waals surface area (Å²) in [6, 6.07) is 19.4. The lowest BCUT2D eigenvalue weighted by atomic mass is 9.97. The van der Waals surface area contributed by atoms with Gasteiger partial charge >= 0.3 is 5.97 Å². The molecule has 1 aromatic heterocycles. The van der Waals surface area contributed by atoms with Gasteiger partial charge in [-0.25, -0.2) is 4.98 Å². The van der Waals surface area contributed by atoms with Crippen molar-refractivity contribution in [1.82, 2.24) is 14.5 Å². The summed E-state index contributed by atoms with van der Waals surface area (Å²) >= 11 is 6.33. The number of aromatic nitrogens is 2. The van der Waals surface area contributed by atoms with Crippen molar-refractivity contribution in [2.24, 2.45) is 0 Å². The van der Waals surface area contributed by atoms with Crippen LogP contribution in [0.3, 0.4) is 0 Å². The molecular formula is C25H29ClN4O3. The van der Waals surface area contributed by atoms with Crippen molar-refractivity contribution < 1.29 is 9.53 Å². The zero-order chi connectivity index (χ0) is 24.0. The van der Waals surface area contributed by atoms with Gasteiger partial charge in [0, 0.05) is 5.92 Å². The lowest BCUT2D eigenvalue weighted by Gasteiger charge is -2.31. The van der Waals surface area contributed by atoms with E-state index in [4.69, 9.17) is 16.3 Å². The number of likely N-dealkylation sites (N-methyl/N-ethyl adjacent to an activating group) is 1. The smallest absolute Gasteiger partial charge is 0.326 e. The number of rotatable bonds is 9. The average Bonchev–Trinajstić information content (AvgIpc) is 2.82. The minimum atomic E-state index is -0.529. The molecule has 0 spiro atoms. The lowest BCUT2D eigenvalue weighted by Crippen LogP contribution is -2.42. The fraction of sp³-hybridized carbons (Fsp3) is 0.320. The maximum absolute atomic E-state index is 13.2. The van der Waals surface area contributed by atoms with E-state index < -0.39 is 11.5 Å². The Morgan fingerprint density at radius 2 is 1.73 bits per heavy atom. The van der Waals surface area contributed by atoms with E-state index in [-0.39, 0.29) is 36.2 Å².